The first-order valence-electron chi connectivity index (χ1n) is 6.76. The van der Waals surface area contributed by atoms with Gasteiger partial charge in [0.25, 0.3) is 0 Å². The van der Waals surface area contributed by atoms with Crippen LogP contribution in [0.3, 0.4) is 0 Å². The Labute approximate surface area is 124 Å². The Bertz CT molecular complexity index is 519. The van der Waals surface area contributed by atoms with E-state index >= 15 is 0 Å². The Balaban J connectivity index is 2.26. The van der Waals surface area contributed by atoms with Gasteiger partial charge in [-0.15, -0.1) is 0 Å². The molecule has 0 aliphatic heterocycles. The molecule has 2 aromatic carbocycles. The van der Waals surface area contributed by atoms with Gasteiger partial charge in [0.2, 0.25) is 0 Å². The molecule has 1 nitrogen and oxygen atoms in total. The van der Waals surface area contributed by atoms with Crippen LogP contribution in [-0.2, 0) is 6.42 Å². The molecule has 0 aliphatic carbocycles. The molecule has 0 bridgehead atoms. The molecule has 0 spiro atoms. The third-order valence-corrected chi connectivity index (χ3v) is 3.82. The maximum absolute atomic E-state index is 3.54. The van der Waals surface area contributed by atoms with E-state index in [0.717, 1.165) is 10.9 Å². The van der Waals surface area contributed by atoms with E-state index < -0.39 is 0 Å². The van der Waals surface area contributed by atoms with Crippen LogP contribution >= 0.6 is 15.9 Å². The first kappa shape index (κ1) is 14.3. The van der Waals surface area contributed by atoms with Gasteiger partial charge >= 0.3 is 0 Å². The van der Waals surface area contributed by atoms with Crippen LogP contribution in [0, 0.1) is 0 Å². The SMILES string of the molecule is CCCc1ccc(C(NC)c2cccc(Br)c2)cc1. The van der Waals surface area contributed by atoms with Crippen molar-refractivity contribution in [1.82, 2.24) is 5.32 Å². The number of hydrogen-bond donors (Lipinski definition) is 1. The van der Waals surface area contributed by atoms with Crippen LogP contribution in [0.1, 0.15) is 36.1 Å². The molecule has 0 amide bonds. The van der Waals surface area contributed by atoms with Crippen molar-refractivity contribution in [3.63, 3.8) is 0 Å². The first-order valence-corrected chi connectivity index (χ1v) is 7.55. The molecule has 1 N–H and O–H groups in total. The fraction of sp³-hybridized carbons (Fsp3) is 0.294. The zero-order chi connectivity index (χ0) is 13.7. The lowest BCUT2D eigenvalue weighted by Gasteiger charge is -2.18. The van der Waals surface area contributed by atoms with Gasteiger partial charge in [0, 0.05) is 4.47 Å². The number of nitrogens with one attached hydrogen (secondary N) is 1. The monoisotopic (exact) mass is 317 g/mol. The topological polar surface area (TPSA) is 12.0 Å². The highest BCUT2D eigenvalue weighted by atomic mass is 79.9. The second kappa shape index (κ2) is 6.88. The Morgan fingerprint density at radius 3 is 2.37 bits per heavy atom. The van der Waals surface area contributed by atoms with Gasteiger partial charge in [0.1, 0.15) is 0 Å². The van der Waals surface area contributed by atoms with Crippen LogP contribution in [0.15, 0.2) is 53.0 Å². The minimum Gasteiger partial charge on any atom is -0.309 e. The highest BCUT2D eigenvalue weighted by molar-refractivity contribution is 9.10. The molecule has 0 saturated heterocycles. The number of benzene rings is 2. The average Bonchev–Trinajstić information content (AvgIpc) is 2.42. The van der Waals surface area contributed by atoms with E-state index in [1.165, 1.54) is 23.1 Å². The standard InChI is InChI=1S/C17H20BrN/c1-3-5-13-8-10-14(11-9-13)17(19-2)15-6-4-7-16(18)12-15/h4,6-12,17,19H,3,5H2,1-2H3. The van der Waals surface area contributed by atoms with Crippen LogP contribution in [0.5, 0.6) is 0 Å². The summed E-state index contributed by atoms with van der Waals surface area (Å²) in [7, 11) is 2.01. The van der Waals surface area contributed by atoms with Crippen molar-refractivity contribution in [2.24, 2.45) is 0 Å². The lowest BCUT2D eigenvalue weighted by atomic mass is 9.97. The highest BCUT2D eigenvalue weighted by Gasteiger charge is 2.11. The molecule has 2 aromatic rings. The Kier molecular flexibility index (Phi) is 5.17. The third-order valence-electron chi connectivity index (χ3n) is 3.32. The normalized spacial score (nSPS) is 12.4. The molecule has 0 fully saturated rings. The Morgan fingerprint density at radius 1 is 1.05 bits per heavy atom. The van der Waals surface area contributed by atoms with Crippen LogP contribution in [-0.4, -0.2) is 7.05 Å². The molecule has 0 aromatic heterocycles. The summed E-state index contributed by atoms with van der Waals surface area (Å²) in [6.07, 6.45) is 2.35. The molecule has 100 valence electrons. The average molecular weight is 318 g/mol. The molecule has 0 saturated carbocycles. The van der Waals surface area contributed by atoms with Gasteiger partial charge in [0.15, 0.2) is 0 Å². The van der Waals surface area contributed by atoms with E-state index in [1.54, 1.807) is 0 Å². The second-order valence-electron chi connectivity index (χ2n) is 4.77. The molecular formula is C17H20BrN. The van der Waals surface area contributed by atoms with Crippen molar-refractivity contribution in [2.75, 3.05) is 7.05 Å². The van der Waals surface area contributed by atoms with E-state index in [9.17, 15) is 0 Å². The fourth-order valence-corrected chi connectivity index (χ4v) is 2.79. The van der Waals surface area contributed by atoms with Gasteiger partial charge in [-0.05, 0) is 42.3 Å². The summed E-state index contributed by atoms with van der Waals surface area (Å²) in [4.78, 5) is 0. The lowest BCUT2D eigenvalue weighted by Crippen LogP contribution is -2.17. The summed E-state index contributed by atoms with van der Waals surface area (Å²) in [5.41, 5.74) is 4.00. The van der Waals surface area contributed by atoms with Crippen molar-refractivity contribution >= 4 is 15.9 Å². The summed E-state index contributed by atoms with van der Waals surface area (Å²) >= 11 is 3.54. The van der Waals surface area contributed by atoms with Crippen molar-refractivity contribution in [1.29, 1.82) is 0 Å². The minimum absolute atomic E-state index is 0.244. The predicted molar refractivity (Wildman–Crippen MR) is 85.5 cm³/mol. The molecule has 0 heterocycles. The number of aryl methyl sites for hydroxylation is 1. The number of rotatable bonds is 5. The van der Waals surface area contributed by atoms with E-state index in [2.05, 4.69) is 76.7 Å². The van der Waals surface area contributed by atoms with Crippen LogP contribution in [0.25, 0.3) is 0 Å². The van der Waals surface area contributed by atoms with Gasteiger partial charge in [-0.2, -0.15) is 0 Å². The Hall–Kier alpha value is -1.12. The maximum Gasteiger partial charge on any atom is 0.0574 e. The summed E-state index contributed by atoms with van der Waals surface area (Å²) in [6, 6.07) is 17.6. The maximum atomic E-state index is 3.54. The quantitative estimate of drug-likeness (QED) is 0.842. The van der Waals surface area contributed by atoms with Crippen LogP contribution < -0.4 is 5.32 Å². The van der Waals surface area contributed by atoms with E-state index in [1.807, 2.05) is 7.05 Å². The molecule has 1 unspecified atom stereocenters. The molecule has 0 aliphatic rings. The fourth-order valence-electron chi connectivity index (χ4n) is 2.38. The second-order valence-corrected chi connectivity index (χ2v) is 5.68. The molecule has 2 heteroatoms. The van der Waals surface area contributed by atoms with Gasteiger partial charge in [-0.1, -0.05) is 65.7 Å². The van der Waals surface area contributed by atoms with Crippen LogP contribution in [0.2, 0.25) is 0 Å². The molecule has 0 radical (unpaired) electrons. The highest BCUT2D eigenvalue weighted by Crippen LogP contribution is 2.24. The zero-order valence-corrected chi connectivity index (χ0v) is 13.1. The summed E-state index contributed by atoms with van der Waals surface area (Å²) < 4.78 is 1.12. The molecule has 1 atom stereocenters. The minimum atomic E-state index is 0.244. The van der Waals surface area contributed by atoms with E-state index in [-0.39, 0.29) is 6.04 Å². The summed E-state index contributed by atoms with van der Waals surface area (Å²) in [6.45, 7) is 2.21. The summed E-state index contributed by atoms with van der Waals surface area (Å²) in [5.74, 6) is 0. The Morgan fingerprint density at radius 2 is 1.79 bits per heavy atom. The lowest BCUT2D eigenvalue weighted by molar-refractivity contribution is 0.691. The van der Waals surface area contributed by atoms with Gasteiger partial charge < -0.3 is 5.32 Å². The molecular weight excluding hydrogens is 298 g/mol. The number of halogens is 1. The first-order chi connectivity index (χ1) is 9.24. The van der Waals surface area contributed by atoms with Crippen LogP contribution in [0.4, 0.5) is 0 Å². The van der Waals surface area contributed by atoms with E-state index in [0.29, 0.717) is 0 Å². The van der Waals surface area contributed by atoms with Gasteiger partial charge in [0.05, 0.1) is 6.04 Å². The zero-order valence-electron chi connectivity index (χ0n) is 11.5. The number of hydrogen-bond acceptors (Lipinski definition) is 1. The van der Waals surface area contributed by atoms with Crippen molar-refractivity contribution < 1.29 is 0 Å². The third kappa shape index (κ3) is 3.68. The van der Waals surface area contributed by atoms with Crippen molar-refractivity contribution in [3.05, 3.63) is 69.7 Å². The summed E-state index contributed by atoms with van der Waals surface area (Å²) in [5, 5.41) is 3.39. The van der Waals surface area contributed by atoms with Gasteiger partial charge in [-0.3, -0.25) is 0 Å². The molecule has 2 rings (SSSR count). The van der Waals surface area contributed by atoms with Gasteiger partial charge in [-0.25, -0.2) is 0 Å². The van der Waals surface area contributed by atoms with Crippen molar-refractivity contribution in [2.45, 2.75) is 25.8 Å². The largest absolute Gasteiger partial charge is 0.309 e. The van der Waals surface area contributed by atoms with E-state index in [4.69, 9.17) is 0 Å². The predicted octanol–water partition coefficient (Wildman–Crippen LogP) is 4.71. The smallest absolute Gasteiger partial charge is 0.0574 e. The molecule has 19 heavy (non-hydrogen) atoms. The van der Waals surface area contributed by atoms with Crippen molar-refractivity contribution in [3.8, 4) is 0 Å².